The fourth-order valence-corrected chi connectivity index (χ4v) is 5.97. The van der Waals surface area contributed by atoms with E-state index in [-0.39, 0.29) is 65.8 Å². The Labute approximate surface area is 186 Å². The van der Waals surface area contributed by atoms with Crippen molar-refractivity contribution >= 4 is 23.6 Å². The van der Waals surface area contributed by atoms with Gasteiger partial charge in [-0.3, -0.25) is 24.1 Å². The van der Waals surface area contributed by atoms with E-state index in [1.807, 2.05) is 0 Å². The summed E-state index contributed by atoms with van der Waals surface area (Å²) in [5.41, 5.74) is 0.461. The first-order chi connectivity index (χ1) is 15.5. The number of hydrogen-bond acceptors (Lipinski definition) is 6. The number of ketones is 1. The first kappa shape index (κ1) is 20.9. The molecule has 7 heteroatoms. The predicted octanol–water partition coefficient (Wildman–Crippen LogP) is 2.79. The van der Waals surface area contributed by atoms with E-state index in [2.05, 4.69) is 12.2 Å². The summed E-state index contributed by atoms with van der Waals surface area (Å²) in [6.07, 6.45) is 7.43. The molecule has 1 aromatic rings. The maximum atomic E-state index is 13.0. The van der Waals surface area contributed by atoms with Gasteiger partial charge in [-0.25, -0.2) is 0 Å². The Morgan fingerprint density at radius 3 is 2.09 bits per heavy atom. The van der Waals surface area contributed by atoms with Crippen molar-refractivity contribution in [2.45, 2.75) is 38.1 Å². The molecule has 168 valence electrons. The van der Waals surface area contributed by atoms with Crippen LogP contribution in [0, 0.1) is 29.6 Å². The Balaban J connectivity index is 1.12. The second kappa shape index (κ2) is 8.19. The average Bonchev–Trinajstić information content (AvgIpc) is 3.51. The summed E-state index contributed by atoms with van der Waals surface area (Å²) in [7, 11) is 1.55. The van der Waals surface area contributed by atoms with E-state index in [9.17, 15) is 19.2 Å². The lowest BCUT2D eigenvalue weighted by atomic mass is 9.85. The van der Waals surface area contributed by atoms with Crippen molar-refractivity contribution < 1.29 is 28.7 Å². The molecule has 0 unspecified atom stereocenters. The topological polar surface area (TPSA) is 90.0 Å². The number of imide groups is 1. The van der Waals surface area contributed by atoms with Crippen molar-refractivity contribution in [1.82, 2.24) is 4.90 Å². The van der Waals surface area contributed by atoms with Gasteiger partial charge < -0.3 is 9.47 Å². The molecule has 1 heterocycles. The average molecular weight is 437 g/mol. The SMILES string of the molecule is COc1ccc(C(=O)COC(=O)C2CCC(N3C(=O)[C@@H]4[C@H](C3=O)[C@@H]3C=C[C@H]4C3)CC2)cc1. The summed E-state index contributed by atoms with van der Waals surface area (Å²) in [5, 5.41) is 0. The zero-order valence-corrected chi connectivity index (χ0v) is 18.1. The van der Waals surface area contributed by atoms with E-state index in [0.29, 0.717) is 37.0 Å². The number of likely N-dealkylation sites (tertiary alicyclic amines) is 1. The molecule has 7 nitrogen and oxygen atoms in total. The van der Waals surface area contributed by atoms with Gasteiger partial charge in [-0.1, -0.05) is 12.2 Å². The fraction of sp³-hybridized carbons (Fsp3) is 0.520. The number of methoxy groups -OCH3 is 1. The number of carbonyl (C=O) groups is 4. The normalized spacial score (nSPS) is 32.8. The highest BCUT2D eigenvalue weighted by Crippen LogP contribution is 2.53. The number of carbonyl (C=O) groups excluding carboxylic acids is 4. The van der Waals surface area contributed by atoms with Gasteiger partial charge in [-0.05, 0) is 68.2 Å². The van der Waals surface area contributed by atoms with Gasteiger partial charge in [0.25, 0.3) is 0 Å². The minimum Gasteiger partial charge on any atom is -0.497 e. The summed E-state index contributed by atoms with van der Waals surface area (Å²) in [4.78, 5) is 52.3. The van der Waals surface area contributed by atoms with Crippen LogP contribution in [0.2, 0.25) is 0 Å². The highest BCUT2D eigenvalue weighted by atomic mass is 16.5. The number of fused-ring (bicyclic) bond motifs is 5. The molecule has 1 aliphatic heterocycles. The van der Waals surface area contributed by atoms with Gasteiger partial charge in [0.1, 0.15) is 5.75 Å². The quantitative estimate of drug-likeness (QED) is 0.294. The number of Topliss-reactive ketones (excluding diaryl/α,β-unsaturated/α-hetero) is 1. The van der Waals surface area contributed by atoms with Crippen LogP contribution in [0.5, 0.6) is 5.75 Å². The van der Waals surface area contributed by atoms with E-state index in [4.69, 9.17) is 9.47 Å². The van der Waals surface area contributed by atoms with Crippen LogP contribution in [0.15, 0.2) is 36.4 Å². The molecular weight excluding hydrogens is 410 g/mol. The summed E-state index contributed by atoms with van der Waals surface area (Å²) in [6.45, 7) is -0.298. The zero-order chi connectivity index (χ0) is 22.4. The van der Waals surface area contributed by atoms with E-state index >= 15 is 0 Å². The molecule has 2 amide bonds. The van der Waals surface area contributed by atoms with E-state index in [1.165, 1.54) is 4.90 Å². The van der Waals surface area contributed by atoms with Crippen LogP contribution in [0.25, 0.3) is 0 Å². The van der Waals surface area contributed by atoms with Crippen LogP contribution in [0.4, 0.5) is 0 Å². The van der Waals surface area contributed by atoms with Gasteiger partial charge in [0.05, 0.1) is 24.9 Å². The fourth-order valence-electron chi connectivity index (χ4n) is 5.97. The standard InChI is InChI=1S/C25H27NO6/c1-31-19-10-6-14(7-11-19)20(27)13-32-25(30)15-4-8-18(9-5-15)26-23(28)21-16-2-3-17(12-16)22(21)24(26)29/h2-3,6-7,10-11,15-18,21-22H,4-5,8-9,12-13H2,1H3/t15?,16-,17+,18?,21-,22+. The number of esters is 1. The minimum absolute atomic E-state index is 0.0204. The lowest BCUT2D eigenvalue weighted by Gasteiger charge is -2.33. The van der Waals surface area contributed by atoms with Crippen molar-refractivity contribution in [3.05, 3.63) is 42.0 Å². The van der Waals surface area contributed by atoms with Crippen molar-refractivity contribution in [2.75, 3.05) is 13.7 Å². The largest absolute Gasteiger partial charge is 0.497 e. The van der Waals surface area contributed by atoms with E-state index in [1.54, 1.807) is 31.4 Å². The Hall–Kier alpha value is -2.96. The molecule has 1 aromatic carbocycles. The number of rotatable bonds is 6. The number of amides is 2. The maximum Gasteiger partial charge on any atom is 0.309 e. The van der Waals surface area contributed by atoms with Gasteiger partial charge in [0.15, 0.2) is 12.4 Å². The second-order valence-electron chi connectivity index (χ2n) is 9.31. The molecule has 0 aromatic heterocycles. The van der Waals surface area contributed by atoms with Crippen LogP contribution in [-0.2, 0) is 19.1 Å². The van der Waals surface area contributed by atoms with Crippen molar-refractivity contribution in [2.24, 2.45) is 29.6 Å². The van der Waals surface area contributed by atoms with Crippen molar-refractivity contribution in [3.8, 4) is 5.75 Å². The zero-order valence-electron chi connectivity index (χ0n) is 18.1. The Kier molecular flexibility index (Phi) is 5.35. The van der Waals surface area contributed by atoms with Crippen LogP contribution in [0.3, 0.4) is 0 Å². The summed E-state index contributed by atoms with van der Waals surface area (Å²) in [5.74, 6) is -0.282. The van der Waals surface area contributed by atoms with Crippen molar-refractivity contribution in [1.29, 1.82) is 0 Å². The monoisotopic (exact) mass is 437 g/mol. The molecule has 4 aliphatic rings. The molecule has 2 saturated carbocycles. The molecule has 3 fully saturated rings. The molecule has 0 spiro atoms. The van der Waals surface area contributed by atoms with Gasteiger partial charge in [0, 0.05) is 11.6 Å². The Morgan fingerprint density at radius 1 is 0.938 bits per heavy atom. The summed E-state index contributed by atoms with van der Waals surface area (Å²) >= 11 is 0. The van der Waals surface area contributed by atoms with Crippen molar-refractivity contribution in [3.63, 3.8) is 0 Å². The minimum atomic E-state index is -0.386. The molecule has 32 heavy (non-hydrogen) atoms. The molecular formula is C25H27NO6. The van der Waals surface area contributed by atoms with Gasteiger partial charge in [0.2, 0.25) is 11.8 Å². The Bertz CT molecular complexity index is 945. The third-order valence-electron chi connectivity index (χ3n) is 7.66. The van der Waals surface area contributed by atoms with Gasteiger partial charge >= 0.3 is 5.97 Å². The van der Waals surface area contributed by atoms with Crippen LogP contribution in [-0.4, -0.2) is 48.2 Å². The predicted molar refractivity (Wildman–Crippen MR) is 114 cm³/mol. The van der Waals surface area contributed by atoms with Crippen LogP contribution < -0.4 is 4.74 Å². The maximum absolute atomic E-state index is 13.0. The number of hydrogen-bond donors (Lipinski definition) is 0. The Morgan fingerprint density at radius 2 is 1.53 bits per heavy atom. The molecule has 0 radical (unpaired) electrons. The number of benzene rings is 1. The first-order valence-electron chi connectivity index (χ1n) is 11.4. The van der Waals surface area contributed by atoms with Crippen LogP contribution in [0.1, 0.15) is 42.5 Å². The van der Waals surface area contributed by atoms with Crippen LogP contribution >= 0.6 is 0 Å². The third-order valence-corrected chi connectivity index (χ3v) is 7.66. The highest BCUT2D eigenvalue weighted by Gasteiger charge is 2.60. The van der Waals surface area contributed by atoms with E-state index in [0.717, 1.165) is 6.42 Å². The molecule has 2 bridgehead atoms. The van der Waals surface area contributed by atoms with Gasteiger partial charge in [-0.2, -0.15) is 0 Å². The second-order valence-corrected chi connectivity index (χ2v) is 9.31. The highest BCUT2D eigenvalue weighted by molar-refractivity contribution is 6.06. The number of allylic oxidation sites excluding steroid dienone is 2. The third kappa shape index (κ3) is 3.44. The smallest absolute Gasteiger partial charge is 0.309 e. The van der Waals surface area contributed by atoms with Gasteiger partial charge in [-0.15, -0.1) is 0 Å². The van der Waals surface area contributed by atoms with E-state index < -0.39 is 0 Å². The lowest BCUT2D eigenvalue weighted by Crippen LogP contribution is -2.44. The first-order valence-corrected chi connectivity index (χ1v) is 11.4. The molecule has 5 rings (SSSR count). The molecule has 3 aliphatic carbocycles. The lowest BCUT2D eigenvalue weighted by molar-refractivity contribution is -0.149. The summed E-state index contributed by atoms with van der Waals surface area (Å²) in [6, 6.07) is 6.52. The molecule has 0 N–H and O–H groups in total. The number of ether oxygens (including phenoxy) is 2. The summed E-state index contributed by atoms with van der Waals surface area (Å²) < 4.78 is 10.4. The molecule has 1 saturated heterocycles. The number of nitrogens with zero attached hydrogens (tertiary/aromatic N) is 1. The molecule has 4 atom stereocenters.